The molecule has 0 spiro atoms. The quantitative estimate of drug-likeness (QED) is 0.570. The standard InChI is InChI=1S/C25H32N2.C2H6/c1-7-21-10-8-9-11-23(21)27-14-12-22(13-15-27)26-25-19(5)16-18(4)24(17(2)3)20(25)6;1-2/h1,10-11,16,22,26H,2,8-9,12-15H2,3-6H3;1-2H3. The summed E-state index contributed by atoms with van der Waals surface area (Å²) < 4.78 is 0. The van der Waals surface area contributed by atoms with E-state index in [0.29, 0.717) is 6.04 Å². The summed E-state index contributed by atoms with van der Waals surface area (Å²) in [7, 11) is 0. The molecule has 2 nitrogen and oxygen atoms in total. The summed E-state index contributed by atoms with van der Waals surface area (Å²) in [5, 5.41) is 3.85. The van der Waals surface area contributed by atoms with Gasteiger partial charge in [-0.1, -0.05) is 50.1 Å². The van der Waals surface area contributed by atoms with Crippen LogP contribution in [0.1, 0.15) is 68.7 Å². The predicted molar refractivity (Wildman–Crippen MR) is 129 cm³/mol. The van der Waals surface area contributed by atoms with Gasteiger partial charge in [-0.15, -0.1) is 6.42 Å². The normalized spacial score (nSPS) is 16.8. The minimum atomic E-state index is 0.502. The molecule has 0 aromatic heterocycles. The van der Waals surface area contributed by atoms with Crippen molar-refractivity contribution in [3.63, 3.8) is 0 Å². The van der Waals surface area contributed by atoms with E-state index in [9.17, 15) is 0 Å². The van der Waals surface area contributed by atoms with E-state index < -0.39 is 0 Å². The van der Waals surface area contributed by atoms with Crippen molar-refractivity contribution >= 4 is 11.3 Å². The molecule has 1 N–H and O–H groups in total. The molecule has 0 radical (unpaired) electrons. The summed E-state index contributed by atoms with van der Waals surface area (Å²) >= 11 is 0. The Morgan fingerprint density at radius 1 is 1.10 bits per heavy atom. The maximum atomic E-state index is 5.71. The Balaban J connectivity index is 0.00000145. The van der Waals surface area contributed by atoms with E-state index in [4.69, 9.17) is 6.42 Å². The summed E-state index contributed by atoms with van der Waals surface area (Å²) in [4.78, 5) is 2.47. The maximum absolute atomic E-state index is 5.71. The lowest BCUT2D eigenvalue weighted by atomic mass is 9.92. The third-order valence-electron chi connectivity index (χ3n) is 5.87. The number of benzene rings is 1. The van der Waals surface area contributed by atoms with Gasteiger partial charge in [-0.05, 0) is 75.6 Å². The monoisotopic (exact) mass is 390 g/mol. The van der Waals surface area contributed by atoms with E-state index in [2.05, 4.69) is 68.6 Å². The molecule has 1 aliphatic carbocycles. The number of aryl methyl sites for hydroxylation is 2. The maximum Gasteiger partial charge on any atom is 0.0481 e. The Morgan fingerprint density at radius 2 is 1.72 bits per heavy atom. The van der Waals surface area contributed by atoms with Gasteiger partial charge in [0.1, 0.15) is 0 Å². The van der Waals surface area contributed by atoms with Gasteiger partial charge in [-0.2, -0.15) is 0 Å². The molecule has 0 amide bonds. The van der Waals surface area contributed by atoms with Crippen molar-refractivity contribution in [3.05, 3.63) is 58.3 Å². The van der Waals surface area contributed by atoms with Gasteiger partial charge in [0.15, 0.2) is 0 Å². The first-order valence-electron chi connectivity index (χ1n) is 11.1. The van der Waals surface area contributed by atoms with E-state index >= 15 is 0 Å². The van der Waals surface area contributed by atoms with Crippen molar-refractivity contribution < 1.29 is 0 Å². The van der Waals surface area contributed by atoms with E-state index in [0.717, 1.165) is 49.9 Å². The number of hydrogen-bond donors (Lipinski definition) is 1. The molecule has 2 heteroatoms. The number of piperidine rings is 1. The van der Waals surface area contributed by atoms with E-state index in [1.54, 1.807) is 0 Å². The average molecular weight is 391 g/mol. The highest BCUT2D eigenvalue weighted by Gasteiger charge is 2.24. The molecular weight excluding hydrogens is 352 g/mol. The highest BCUT2D eigenvalue weighted by molar-refractivity contribution is 5.75. The second kappa shape index (κ2) is 10.4. The molecular formula is C27H38N2. The molecule has 0 saturated carbocycles. The fourth-order valence-corrected chi connectivity index (χ4v) is 4.63. The topological polar surface area (TPSA) is 15.3 Å². The van der Waals surface area contributed by atoms with Crippen LogP contribution in [0, 0.1) is 33.1 Å². The molecule has 0 unspecified atom stereocenters. The number of nitrogens with zero attached hydrogens (tertiary/aromatic N) is 1. The molecule has 156 valence electrons. The van der Waals surface area contributed by atoms with Crippen molar-refractivity contribution in [1.82, 2.24) is 4.90 Å². The van der Waals surface area contributed by atoms with Crippen LogP contribution in [0.2, 0.25) is 0 Å². The first kappa shape index (κ1) is 22.9. The van der Waals surface area contributed by atoms with Gasteiger partial charge in [0.2, 0.25) is 0 Å². The van der Waals surface area contributed by atoms with Gasteiger partial charge in [-0.3, -0.25) is 0 Å². The Bertz CT molecular complexity index is 840. The Labute approximate surface area is 178 Å². The number of hydrogen-bond acceptors (Lipinski definition) is 2. The van der Waals surface area contributed by atoms with E-state index in [1.807, 2.05) is 13.8 Å². The van der Waals surface area contributed by atoms with Gasteiger partial charge in [-0.25, -0.2) is 0 Å². The van der Waals surface area contributed by atoms with Crippen LogP contribution in [0.5, 0.6) is 0 Å². The molecule has 1 heterocycles. The number of anilines is 1. The fraction of sp³-hybridized carbons (Fsp3) is 0.481. The minimum Gasteiger partial charge on any atom is -0.382 e. The SMILES string of the molecule is C#CC1=CCCC=C1N1CCC(Nc2c(C)cc(C)c(C(=C)C)c2C)CC1.CC. The zero-order valence-electron chi connectivity index (χ0n) is 19.3. The van der Waals surface area contributed by atoms with Crippen molar-refractivity contribution in [2.75, 3.05) is 18.4 Å². The molecule has 3 rings (SSSR count). The Hall–Kier alpha value is -2.40. The van der Waals surface area contributed by atoms with Crippen molar-refractivity contribution in [2.45, 2.75) is 73.3 Å². The lowest BCUT2D eigenvalue weighted by Crippen LogP contribution is -2.39. The summed E-state index contributed by atoms with van der Waals surface area (Å²) in [6.45, 7) is 19.0. The third kappa shape index (κ3) is 5.15. The van der Waals surface area contributed by atoms with E-state index in [1.165, 1.54) is 33.6 Å². The van der Waals surface area contributed by atoms with Gasteiger partial charge in [0, 0.05) is 36.1 Å². The van der Waals surface area contributed by atoms with Crippen molar-refractivity contribution in [2.24, 2.45) is 0 Å². The van der Waals surface area contributed by atoms with Crippen molar-refractivity contribution in [3.8, 4) is 12.3 Å². The summed E-state index contributed by atoms with van der Waals surface area (Å²) in [6, 6.07) is 2.78. The molecule has 1 aromatic rings. The zero-order valence-corrected chi connectivity index (χ0v) is 19.3. The highest BCUT2D eigenvalue weighted by atomic mass is 15.2. The third-order valence-corrected chi connectivity index (χ3v) is 5.87. The summed E-state index contributed by atoms with van der Waals surface area (Å²) in [5.74, 6) is 2.87. The van der Waals surface area contributed by atoms with Crippen LogP contribution >= 0.6 is 0 Å². The lowest BCUT2D eigenvalue weighted by molar-refractivity contribution is 0.275. The number of likely N-dealkylation sites (tertiary alicyclic amines) is 1. The smallest absolute Gasteiger partial charge is 0.0481 e. The van der Waals surface area contributed by atoms with Crippen LogP contribution in [-0.4, -0.2) is 24.0 Å². The average Bonchev–Trinajstić information content (AvgIpc) is 2.72. The van der Waals surface area contributed by atoms with Crippen molar-refractivity contribution in [1.29, 1.82) is 0 Å². The van der Waals surface area contributed by atoms with Crippen LogP contribution in [0.3, 0.4) is 0 Å². The Morgan fingerprint density at radius 3 is 2.31 bits per heavy atom. The summed E-state index contributed by atoms with van der Waals surface area (Å²) in [5.41, 5.74) is 10.0. The molecule has 1 saturated heterocycles. The van der Waals surface area contributed by atoms with Gasteiger partial charge < -0.3 is 10.2 Å². The van der Waals surface area contributed by atoms with Gasteiger partial charge in [0.05, 0.1) is 0 Å². The van der Waals surface area contributed by atoms with Crippen LogP contribution < -0.4 is 5.32 Å². The number of terminal acetylenes is 1. The molecule has 1 aliphatic heterocycles. The molecule has 29 heavy (non-hydrogen) atoms. The highest BCUT2D eigenvalue weighted by Crippen LogP contribution is 2.33. The lowest BCUT2D eigenvalue weighted by Gasteiger charge is -2.37. The van der Waals surface area contributed by atoms with Crippen LogP contribution in [0.15, 0.2) is 36.1 Å². The first-order chi connectivity index (χ1) is 13.9. The van der Waals surface area contributed by atoms with E-state index in [-0.39, 0.29) is 0 Å². The van der Waals surface area contributed by atoms with Crippen LogP contribution in [0.25, 0.3) is 5.57 Å². The number of allylic oxidation sites excluding steroid dienone is 4. The second-order valence-electron chi connectivity index (χ2n) is 8.00. The molecule has 1 fully saturated rings. The first-order valence-corrected chi connectivity index (χ1v) is 11.1. The predicted octanol–water partition coefficient (Wildman–Crippen LogP) is 6.78. The zero-order chi connectivity index (χ0) is 21.6. The summed E-state index contributed by atoms with van der Waals surface area (Å²) in [6.07, 6.45) is 14.7. The second-order valence-corrected chi connectivity index (χ2v) is 8.00. The Kier molecular flexibility index (Phi) is 8.21. The molecule has 1 aromatic carbocycles. The fourth-order valence-electron chi connectivity index (χ4n) is 4.63. The molecule has 2 aliphatic rings. The van der Waals surface area contributed by atoms with Crippen LogP contribution in [0.4, 0.5) is 5.69 Å². The number of rotatable bonds is 4. The largest absolute Gasteiger partial charge is 0.382 e. The van der Waals surface area contributed by atoms with Gasteiger partial charge >= 0.3 is 0 Å². The van der Waals surface area contributed by atoms with Gasteiger partial charge in [0.25, 0.3) is 0 Å². The number of nitrogens with one attached hydrogen (secondary N) is 1. The van der Waals surface area contributed by atoms with Crippen LogP contribution in [-0.2, 0) is 0 Å². The minimum absolute atomic E-state index is 0.502. The molecule has 0 bridgehead atoms. The molecule has 0 atom stereocenters.